The minimum Gasteiger partial charge on any atom is -0.286 e. The zero-order valence-corrected chi connectivity index (χ0v) is 36.8. The SMILES string of the molecule is CCCCCCCCCCCCOS(=O)(=O)c1ccccc1.CCS(=O)(=O)O.O=S(=O)(O)CC1CCCCC1.O=S(=O)(O)c1cccc(S(=O)(=O)O)c1S(=O)(=O)O. The van der Waals surface area contributed by atoms with Gasteiger partial charge in [0.1, 0.15) is 14.7 Å². The van der Waals surface area contributed by atoms with Gasteiger partial charge in [-0.3, -0.25) is 26.9 Å². The third-order valence-electron chi connectivity index (χ3n) is 8.06. The molecule has 0 aliphatic heterocycles. The number of hydrogen-bond acceptors (Lipinski definition) is 13. The monoisotopic (exact) mass is 932 g/mol. The Kier molecular flexibility index (Phi) is 25.2. The molecule has 1 fully saturated rings. The van der Waals surface area contributed by atoms with Crippen LogP contribution in [0.2, 0.25) is 0 Å². The van der Waals surface area contributed by atoms with Crippen LogP contribution in [0.15, 0.2) is 68.1 Å². The van der Waals surface area contributed by atoms with Crippen molar-refractivity contribution < 1.29 is 77.5 Å². The Morgan fingerprint density at radius 1 is 0.526 bits per heavy atom. The molecule has 3 rings (SSSR count). The van der Waals surface area contributed by atoms with E-state index in [0.717, 1.165) is 44.6 Å². The second-order valence-corrected chi connectivity index (χ2v) is 21.9. The van der Waals surface area contributed by atoms with E-state index in [1.54, 1.807) is 30.3 Å². The standard InChI is InChI=1S/C18H30O3S.C7H14O3S.C6H6O9S3.C2H6O3S/c1-2-3-4-5-6-7-8-9-10-14-17-21-22(19,20)18-15-12-11-13-16-18;8-11(9,10)6-7-4-2-1-3-5-7;7-16(8,9)4-2-1-3-5(17(10,11)12)6(4)18(13,14)15;1-2-6(3,4)5/h11-13,15-16H,2-10,14,17H2,1H3;7H,1-6H2,(H,8,9,10);1-3H,(H,7,8,9)(H,10,11,12)(H,13,14,15);2H2,1H3,(H,3,4,5). The van der Waals surface area contributed by atoms with Gasteiger partial charge >= 0.3 is 0 Å². The molecule has 1 saturated carbocycles. The largest absolute Gasteiger partial charge is 0.297 e. The topological polar surface area (TPSA) is 315 Å². The molecule has 332 valence electrons. The van der Waals surface area contributed by atoms with Crippen molar-refractivity contribution in [2.75, 3.05) is 18.1 Å². The number of rotatable bonds is 19. The summed E-state index contributed by atoms with van der Waals surface area (Å²) in [6.45, 7) is 3.89. The summed E-state index contributed by atoms with van der Waals surface area (Å²) in [7, 11) is -26.5. The quantitative estimate of drug-likeness (QED) is 0.0604. The van der Waals surface area contributed by atoms with E-state index < -0.39 is 75.4 Å². The maximum Gasteiger partial charge on any atom is 0.297 e. The van der Waals surface area contributed by atoms with Crippen LogP contribution in [-0.4, -0.2) is 91.4 Å². The summed E-state index contributed by atoms with van der Waals surface area (Å²) < 4.78 is 177. The van der Waals surface area contributed by atoms with E-state index in [4.69, 9.17) is 26.9 Å². The van der Waals surface area contributed by atoms with Gasteiger partial charge in [0.05, 0.1) is 23.0 Å². The Labute approximate surface area is 338 Å². The van der Waals surface area contributed by atoms with Gasteiger partial charge in [-0.05, 0) is 56.4 Å². The minimum absolute atomic E-state index is 0.0347. The molecule has 0 spiro atoms. The van der Waals surface area contributed by atoms with Crippen LogP contribution in [0.4, 0.5) is 0 Å². The molecule has 0 aromatic heterocycles. The van der Waals surface area contributed by atoms with Crippen LogP contribution in [0.3, 0.4) is 0 Å². The van der Waals surface area contributed by atoms with E-state index in [-0.39, 0.29) is 28.9 Å². The highest BCUT2D eigenvalue weighted by Gasteiger charge is 2.31. The van der Waals surface area contributed by atoms with Gasteiger partial charge < -0.3 is 0 Å². The van der Waals surface area contributed by atoms with Gasteiger partial charge in [-0.25, -0.2) is 0 Å². The first-order chi connectivity index (χ1) is 26.2. The molecular weight excluding hydrogens is 877 g/mol. The first-order valence-electron chi connectivity index (χ1n) is 18.1. The van der Waals surface area contributed by atoms with E-state index in [2.05, 4.69) is 6.92 Å². The molecule has 24 heteroatoms. The Morgan fingerprint density at radius 3 is 1.32 bits per heavy atom. The van der Waals surface area contributed by atoms with E-state index in [9.17, 15) is 50.5 Å². The fraction of sp³-hybridized carbons (Fsp3) is 0.636. The minimum atomic E-state index is -5.31. The highest BCUT2D eigenvalue weighted by molar-refractivity contribution is 7.90. The van der Waals surface area contributed by atoms with Crippen molar-refractivity contribution in [3.8, 4) is 0 Å². The molecular formula is C33H56O18S6. The van der Waals surface area contributed by atoms with Crippen LogP contribution < -0.4 is 0 Å². The van der Waals surface area contributed by atoms with E-state index in [1.807, 2.05) is 0 Å². The molecule has 57 heavy (non-hydrogen) atoms. The number of hydrogen-bond donors (Lipinski definition) is 5. The predicted octanol–water partition coefficient (Wildman–Crippen LogP) is 6.09. The zero-order valence-electron chi connectivity index (χ0n) is 31.9. The molecule has 0 amide bonds. The number of unbranched alkanes of at least 4 members (excludes halogenated alkanes) is 9. The normalized spacial score (nSPS) is 14.2. The van der Waals surface area contributed by atoms with Gasteiger partial charge in [0.25, 0.3) is 60.7 Å². The van der Waals surface area contributed by atoms with E-state index >= 15 is 0 Å². The van der Waals surface area contributed by atoms with Crippen molar-refractivity contribution in [2.45, 2.75) is 130 Å². The lowest BCUT2D eigenvalue weighted by Crippen LogP contribution is -2.17. The average molecular weight is 933 g/mol. The third kappa shape index (κ3) is 26.6. The first-order valence-corrected chi connectivity index (χ1v) is 27.0. The second kappa shape index (κ2) is 26.2. The molecule has 0 heterocycles. The van der Waals surface area contributed by atoms with Gasteiger partial charge in [0.2, 0.25) is 0 Å². The summed E-state index contributed by atoms with van der Waals surface area (Å²) in [5.41, 5.74) is 0. The first kappa shape index (κ1) is 54.9. The van der Waals surface area contributed by atoms with Gasteiger partial charge in [-0.1, -0.05) is 108 Å². The average Bonchev–Trinajstić information content (AvgIpc) is 3.10. The smallest absolute Gasteiger partial charge is 0.286 e. The van der Waals surface area contributed by atoms with Crippen LogP contribution >= 0.6 is 0 Å². The lowest BCUT2D eigenvalue weighted by molar-refractivity contribution is 0.306. The Morgan fingerprint density at radius 2 is 0.947 bits per heavy atom. The third-order valence-corrected chi connectivity index (χ3v) is 14.0. The van der Waals surface area contributed by atoms with Crippen LogP contribution in [0.25, 0.3) is 0 Å². The van der Waals surface area contributed by atoms with Crippen LogP contribution in [0.1, 0.15) is 110 Å². The lowest BCUT2D eigenvalue weighted by Gasteiger charge is -2.19. The molecule has 18 nitrogen and oxygen atoms in total. The van der Waals surface area contributed by atoms with Gasteiger partial charge in [-0.15, -0.1) is 0 Å². The second-order valence-electron chi connectivity index (χ2n) is 12.9. The maximum atomic E-state index is 11.9. The van der Waals surface area contributed by atoms with E-state index in [0.29, 0.717) is 12.1 Å². The molecule has 2 aromatic rings. The van der Waals surface area contributed by atoms with Crippen LogP contribution in [0.5, 0.6) is 0 Å². The van der Waals surface area contributed by atoms with Crippen molar-refractivity contribution in [1.29, 1.82) is 0 Å². The zero-order chi connectivity index (χ0) is 44.0. The molecule has 0 bridgehead atoms. The van der Waals surface area contributed by atoms with Gasteiger partial charge in [-0.2, -0.15) is 50.5 Å². The molecule has 5 N–H and O–H groups in total. The summed E-state index contributed by atoms with van der Waals surface area (Å²) in [5, 5.41) is 0. The Balaban J connectivity index is 0.000000799. The van der Waals surface area contributed by atoms with E-state index in [1.165, 1.54) is 64.7 Å². The van der Waals surface area contributed by atoms with Crippen LogP contribution in [0, 0.1) is 5.92 Å². The van der Waals surface area contributed by atoms with Gasteiger partial charge in [0.15, 0.2) is 0 Å². The molecule has 0 atom stereocenters. The molecule has 2 aromatic carbocycles. The van der Waals surface area contributed by atoms with Gasteiger partial charge in [0, 0.05) is 0 Å². The Hall–Kier alpha value is -2.10. The van der Waals surface area contributed by atoms with Crippen molar-refractivity contribution in [3.63, 3.8) is 0 Å². The molecule has 1 aliphatic rings. The summed E-state index contributed by atoms with van der Waals surface area (Å²) in [4.78, 5) is -4.10. The fourth-order valence-corrected chi connectivity index (χ4v) is 10.3. The van der Waals surface area contributed by atoms with Crippen LogP contribution in [-0.2, 0) is 64.9 Å². The summed E-state index contributed by atoms with van der Waals surface area (Å²) in [5.74, 6) is -0.0289. The summed E-state index contributed by atoms with van der Waals surface area (Å²) in [6, 6.07) is 10.2. The fourth-order valence-electron chi connectivity index (χ4n) is 5.22. The molecule has 0 unspecified atom stereocenters. The van der Waals surface area contributed by atoms with Crippen molar-refractivity contribution in [3.05, 3.63) is 48.5 Å². The number of benzene rings is 2. The van der Waals surface area contributed by atoms with Crippen molar-refractivity contribution >= 4 is 60.7 Å². The highest BCUT2D eigenvalue weighted by Crippen LogP contribution is 2.28. The lowest BCUT2D eigenvalue weighted by atomic mass is 9.91. The molecule has 0 saturated heterocycles. The highest BCUT2D eigenvalue weighted by atomic mass is 32.2. The summed E-state index contributed by atoms with van der Waals surface area (Å²) in [6.07, 6.45) is 17.6. The molecule has 0 radical (unpaired) electrons. The summed E-state index contributed by atoms with van der Waals surface area (Å²) >= 11 is 0. The van der Waals surface area contributed by atoms with Crippen molar-refractivity contribution in [1.82, 2.24) is 0 Å². The predicted molar refractivity (Wildman–Crippen MR) is 212 cm³/mol. The molecule has 1 aliphatic carbocycles. The van der Waals surface area contributed by atoms with Crippen molar-refractivity contribution in [2.24, 2.45) is 5.92 Å². The Bertz CT molecular complexity index is 2080. The maximum absolute atomic E-state index is 11.9.